The summed E-state index contributed by atoms with van der Waals surface area (Å²) in [5.41, 5.74) is 8.13. The summed E-state index contributed by atoms with van der Waals surface area (Å²) in [6.45, 7) is 0. The Morgan fingerprint density at radius 3 is 1.74 bits per heavy atom. The van der Waals surface area contributed by atoms with E-state index in [-0.39, 0.29) is 0 Å². The zero-order valence-electron chi connectivity index (χ0n) is 24.6. The molecule has 216 valence electrons. The van der Waals surface area contributed by atoms with Gasteiger partial charge in [0, 0.05) is 33.0 Å². The normalized spacial score (nSPS) is 11.5. The number of hydrogen-bond donors (Lipinski definition) is 0. The second kappa shape index (κ2) is 10.6. The van der Waals surface area contributed by atoms with Crippen molar-refractivity contribution in [1.82, 2.24) is 24.5 Å². The van der Waals surface area contributed by atoms with Crippen molar-refractivity contribution in [2.45, 2.75) is 0 Å². The lowest BCUT2D eigenvalue weighted by Crippen LogP contribution is -2.00. The maximum Gasteiger partial charge on any atom is 0.164 e. The number of imidazole rings is 1. The van der Waals surface area contributed by atoms with Crippen LogP contribution in [0.1, 0.15) is 0 Å². The number of hydrogen-bond acceptors (Lipinski definition) is 5. The van der Waals surface area contributed by atoms with Crippen molar-refractivity contribution < 1.29 is 4.42 Å². The van der Waals surface area contributed by atoms with Gasteiger partial charge in [0.25, 0.3) is 0 Å². The molecule has 0 atom stereocenters. The summed E-state index contributed by atoms with van der Waals surface area (Å²) in [5.74, 6) is 2.68. The molecule has 9 aromatic rings. The Balaban J connectivity index is 1.31. The molecule has 0 N–H and O–H groups in total. The zero-order chi connectivity index (χ0) is 30.5. The van der Waals surface area contributed by atoms with Crippen LogP contribution in [0.15, 0.2) is 156 Å². The fourth-order valence-electron chi connectivity index (χ4n) is 6.18. The van der Waals surface area contributed by atoms with E-state index in [2.05, 4.69) is 47.0 Å². The van der Waals surface area contributed by atoms with E-state index in [9.17, 15) is 0 Å². The van der Waals surface area contributed by atoms with E-state index < -0.39 is 0 Å². The number of rotatable bonds is 5. The van der Waals surface area contributed by atoms with Gasteiger partial charge in [0.2, 0.25) is 0 Å². The fraction of sp³-hybridized carbons (Fsp3) is 0. The van der Waals surface area contributed by atoms with Crippen LogP contribution in [-0.4, -0.2) is 24.5 Å². The monoisotopic (exact) mass is 591 g/mol. The maximum atomic E-state index is 6.72. The third-order valence-electron chi connectivity index (χ3n) is 8.28. The van der Waals surface area contributed by atoms with Crippen molar-refractivity contribution >= 4 is 33.0 Å². The highest BCUT2D eigenvalue weighted by Crippen LogP contribution is 2.40. The third-order valence-corrected chi connectivity index (χ3v) is 8.28. The Hall–Kier alpha value is -6.40. The highest BCUT2D eigenvalue weighted by molar-refractivity contribution is 6.14. The SMILES string of the molecule is c1ccc(-c2nc(-c3ccccc3)nc(-c3cccc4oc5c(-n6c(-c7ccccc7)nc7ccccc76)cccc5c34)n2)cc1. The first kappa shape index (κ1) is 26.0. The van der Waals surface area contributed by atoms with Gasteiger partial charge < -0.3 is 4.42 Å². The van der Waals surface area contributed by atoms with Crippen molar-refractivity contribution in [3.05, 3.63) is 152 Å². The minimum absolute atomic E-state index is 0.587. The van der Waals surface area contributed by atoms with Gasteiger partial charge in [-0.3, -0.25) is 4.57 Å². The van der Waals surface area contributed by atoms with E-state index in [4.69, 9.17) is 24.4 Å². The number of nitrogens with zero attached hydrogens (tertiary/aromatic N) is 5. The summed E-state index contributed by atoms with van der Waals surface area (Å²) in [6.07, 6.45) is 0. The van der Waals surface area contributed by atoms with E-state index in [1.54, 1.807) is 0 Å². The summed E-state index contributed by atoms with van der Waals surface area (Å²) < 4.78 is 8.91. The molecule has 3 aromatic heterocycles. The second-order valence-corrected chi connectivity index (χ2v) is 11.1. The molecule has 6 heteroatoms. The lowest BCUT2D eigenvalue weighted by atomic mass is 10.0. The van der Waals surface area contributed by atoms with Gasteiger partial charge in [0.05, 0.1) is 16.7 Å². The number of para-hydroxylation sites is 3. The second-order valence-electron chi connectivity index (χ2n) is 11.1. The molecule has 0 aliphatic heterocycles. The van der Waals surface area contributed by atoms with Crippen LogP contribution in [0.3, 0.4) is 0 Å². The Labute approximate surface area is 264 Å². The largest absolute Gasteiger partial charge is 0.454 e. The lowest BCUT2D eigenvalue weighted by molar-refractivity contribution is 0.666. The molecule has 46 heavy (non-hydrogen) atoms. The van der Waals surface area contributed by atoms with Gasteiger partial charge in [-0.15, -0.1) is 0 Å². The zero-order valence-corrected chi connectivity index (χ0v) is 24.6. The Bertz CT molecular complexity index is 2460. The molecule has 6 aromatic carbocycles. The number of aromatic nitrogens is 5. The van der Waals surface area contributed by atoms with E-state index >= 15 is 0 Å². The number of benzene rings is 6. The molecule has 3 heterocycles. The highest BCUT2D eigenvalue weighted by Gasteiger charge is 2.22. The molecule has 0 unspecified atom stereocenters. The molecular weight excluding hydrogens is 566 g/mol. The molecule has 0 amide bonds. The predicted octanol–water partition coefficient (Wildman–Crippen LogP) is 9.78. The van der Waals surface area contributed by atoms with E-state index in [1.165, 1.54) is 0 Å². The van der Waals surface area contributed by atoms with Crippen LogP contribution in [-0.2, 0) is 0 Å². The Morgan fingerprint density at radius 2 is 1.04 bits per heavy atom. The molecule has 9 rings (SSSR count). The van der Waals surface area contributed by atoms with Crippen molar-refractivity contribution in [2.75, 3.05) is 0 Å². The Morgan fingerprint density at radius 1 is 0.457 bits per heavy atom. The molecular formula is C40H25N5O. The number of fused-ring (bicyclic) bond motifs is 4. The molecule has 0 bridgehead atoms. The van der Waals surface area contributed by atoms with Gasteiger partial charge in [-0.25, -0.2) is 19.9 Å². The van der Waals surface area contributed by atoms with Gasteiger partial charge in [-0.05, 0) is 24.3 Å². The summed E-state index contributed by atoms with van der Waals surface area (Å²) in [4.78, 5) is 20.0. The molecule has 6 nitrogen and oxygen atoms in total. The molecule has 0 aliphatic carbocycles. The molecule has 0 saturated heterocycles. The third kappa shape index (κ3) is 4.27. The first-order valence-corrected chi connectivity index (χ1v) is 15.2. The quantitative estimate of drug-likeness (QED) is 0.199. The van der Waals surface area contributed by atoms with Gasteiger partial charge in [-0.1, -0.05) is 127 Å². The first-order chi connectivity index (χ1) is 22.8. The van der Waals surface area contributed by atoms with Crippen molar-refractivity contribution in [3.8, 4) is 51.2 Å². The van der Waals surface area contributed by atoms with Crippen LogP contribution in [0.2, 0.25) is 0 Å². The van der Waals surface area contributed by atoms with Gasteiger partial charge in [0.1, 0.15) is 11.4 Å². The summed E-state index contributed by atoms with van der Waals surface area (Å²) in [6, 6.07) is 50.9. The van der Waals surface area contributed by atoms with E-state index in [1.807, 2.05) is 109 Å². The smallest absolute Gasteiger partial charge is 0.164 e. The highest BCUT2D eigenvalue weighted by atomic mass is 16.3. The topological polar surface area (TPSA) is 69.6 Å². The fourth-order valence-corrected chi connectivity index (χ4v) is 6.18. The molecule has 0 radical (unpaired) electrons. The van der Waals surface area contributed by atoms with E-state index in [0.717, 1.165) is 66.7 Å². The Kier molecular flexibility index (Phi) is 6.03. The van der Waals surface area contributed by atoms with Gasteiger partial charge in [-0.2, -0.15) is 0 Å². The maximum absolute atomic E-state index is 6.72. The molecule has 0 saturated carbocycles. The van der Waals surface area contributed by atoms with Crippen LogP contribution in [0, 0.1) is 0 Å². The first-order valence-electron chi connectivity index (χ1n) is 15.2. The van der Waals surface area contributed by atoms with Crippen LogP contribution < -0.4 is 0 Å². The summed E-state index contributed by atoms with van der Waals surface area (Å²) >= 11 is 0. The van der Waals surface area contributed by atoms with Crippen LogP contribution in [0.25, 0.3) is 84.2 Å². The molecule has 0 fully saturated rings. The number of furan rings is 1. The lowest BCUT2D eigenvalue weighted by Gasteiger charge is -2.10. The minimum atomic E-state index is 0.587. The predicted molar refractivity (Wildman–Crippen MR) is 183 cm³/mol. The van der Waals surface area contributed by atoms with Crippen LogP contribution in [0.4, 0.5) is 0 Å². The van der Waals surface area contributed by atoms with Gasteiger partial charge in [0.15, 0.2) is 23.1 Å². The summed E-state index contributed by atoms with van der Waals surface area (Å²) in [7, 11) is 0. The standard InChI is InChI=1S/C40H25N5O/c1-4-14-26(15-5-1)37-42-38(27-16-6-2-7-17-27)44-39(43-37)30-21-13-25-34-35(30)29-20-12-24-33(36(29)46-34)45-32-23-11-10-22-31(32)41-40(45)28-18-8-3-9-19-28/h1-25H. The van der Waals surface area contributed by atoms with Crippen molar-refractivity contribution in [2.24, 2.45) is 0 Å². The average Bonchev–Trinajstić information content (AvgIpc) is 3.72. The van der Waals surface area contributed by atoms with Crippen molar-refractivity contribution in [1.29, 1.82) is 0 Å². The minimum Gasteiger partial charge on any atom is -0.454 e. The van der Waals surface area contributed by atoms with Crippen LogP contribution >= 0.6 is 0 Å². The van der Waals surface area contributed by atoms with Crippen molar-refractivity contribution in [3.63, 3.8) is 0 Å². The van der Waals surface area contributed by atoms with E-state index in [0.29, 0.717) is 17.5 Å². The average molecular weight is 592 g/mol. The van der Waals surface area contributed by atoms with Gasteiger partial charge >= 0.3 is 0 Å². The summed E-state index contributed by atoms with van der Waals surface area (Å²) in [5, 5.41) is 1.93. The molecule has 0 spiro atoms. The van der Waals surface area contributed by atoms with Crippen LogP contribution in [0.5, 0.6) is 0 Å². The molecule has 0 aliphatic rings.